The summed E-state index contributed by atoms with van der Waals surface area (Å²) in [5.74, 6) is -0.972. The first-order valence-electron chi connectivity index (χ1n) is 4.22. The Kier molecular flexibility index (Phi) is 2.00. The van der Waals surface area contributed by atoms with Crippen LogP contribution in [0.1, 0.15) is 10.5 Å². The molecular formula is C10H7FN2O2. The summed E-state index contributed by atoms with van der Waals surface area (Å²) in [4.78, 5) is 22.4. The van der Waals surface area contributed by atoms with Crippen molar-refractivity contribution in [1.82, 2.24) is 4.79 Å². The second-order valence-electron chi connectivity index (χ2n) is 3.06. The Morgan fingerprint density at radius 3 is 2.67 bits per heavy atom. The van der Waals surface area contributed by atoms with Gasteiger partial charge in [-0.15, -0.1) is 0 Å². The fourth-order valence-electron chi connectivity index (χ4n) is 1.41. The molecule has 0 fully saturated rings. The maximum Gasteiger partial charge on any atom is 0.268 e. The molecule has 1 heterocycles. The fraction of sp³-hybridized carbons (Fsp3) is 0. The number of nitrogens with zero attached hydrogens (tertiary/aromatic N) is 1. The molecule has 0 aliphatic rings. The van der Waals surface area contributed by atoms with E-state index in [-0.39, 0.29) is 15.7 Å². The molecule has 0 saturated carbocycles. The van der Waals surface area contributed by atoms with Crippen LogP contribution >= 0.6 is 0 Å². The molecule has 4 nitrogen and oxygen atoms in total. The Bertz CT molecular complexity index is 604. The van der Waals surface area contributed by atoms with Gasteiger partial charge in [0.2, 0.25) is 0 Å². The maximum absolute atomic E-state index is 13.6. The van der Waals surface area contributed by atoms with Crippen LogP contribution in [0.5, 0.6) is 0 Å². The van der Waals surface area contributed by atoms with Crippen molar-refractivity contribution >= 4 is 16.8 Å². The number of pyridine rings is 1. The number of primary amides is 1. The molecule has 1 aromatic carbocycles. The van der Waals surface area contributed by atoms with Crippen LogP contribution in [0.3, 0.4) is 0 Å². The summed E-state index contributed by atoms with van der Waals surface area (Å²) in [6.45, 7) is 0. The van der Waals surface area contributed by atoms with Crippen molar-refractivity contribution in [3.8, 4) is 0 Å². The predicted molar refractivity (Wildman–Crippen MR) is 53.2 cm³/mol. The van der Waals surface area contributed by atoms with E-state index in [4.69, 9.17) is 5.73 Å². The second-order valence-corrected chi connectivity index (χ2v) is 3.06. The lowest BCUT2D eigenvalue weighted by atomic mass is 10.2. The molecule has 0 radical (unpaired) electrons. The monoisotopic (exact) mass is 206 g/mol. The van der Waals surface area contributed by atoms with Crippen LogP contribution in [0.2, 0.25) is 0 Å². The number of nitrogens with two attached hydrogens (primary N) is 1. The average molecular weight is 206 g/mol. The third-order valence-electron chi connectivity index (χ3n) is 2.11. The molecule has 0 bridgehead atoms. The largest absolute Gasteiger partial charge is 0.364 e. The normalized spacial score (nSPS) is 10.5. The quantitative estimate of drug-likeness (QED) is 0.751. The van der Waals surface area contributed by atoms with Crippen molar-refractivity contribution in [3.63, 3.8) is 0 Å². The third kappa shape index (κ3) is 1.38. The summed E-state index contributed by atoms with van der Waals surface area (Å²) < 4.78 is 13.6. The standard InChI is InChI=1S/C10H7FN2O2/c11-13-7-4-2-1-3-6(7)9(14)5-8(13)10(12)15/h1-5H,(H2,12,15). The first-order valence-corrected chi connectivity index (χ1v) is 4.22. The van der Waals surface area contributed by atoms with Crippen LogP contribution in [-0.4, -0.2) is 10.7 Å². The Hall–Kier alpha value is -2.17. The Balaban J connectivity index is 2.97. The average Bonchev–Trinajstić information content (AvgIpc) is 2.23. The highest BCUT2D eigenvalue weighted by atomic mass is 19.2. The van der Waals surface area contributed by atoms with Gasteiger partial charge in [0.15, 0.2) is 5.43 Å². The molecular weight excluding hydrogens is 199 g/mol. The molecule has 2 N–H and O–H groups in total. The minimum Gasteiger partial charge on any atom is -0.364 e. The molecule has 0 unspecified atom stereocenters. The number of amides is 1. The van der Waals surface area contributed by atoms with Gasteiger partial charge in [-0.1, -0.05) is 16.6 Å². The van der Waals surface area contributed by atoms with Crippen molar-refractivity contribution < 1.29 is 9.28 Å². The Labute approximate surface area is 83.7 Å². The third-order valence-corrected chi connectivity index (χ3v) is 2.11. The van der Waals surface area contributed by atoms with E-state index in [9.17, 15) is 14.1 Å². The molecule has 0 spiro atoms. The molecule has 5 heteroatoms. The Morgan fingerprint density at radius 1 is 1.33 bits per heavy atom. The van der Waals surface area contributed by atoms with Crippen molar-refractivity contribution in [3.05, 3.63) is 46.2 Å². The van der Waals surface area contributed by atoms with Gasteiger partial charge in [0.1, 0.15) is 5.69 Å². The van der Waals surface area contributed by atoms with Crippen LogP contribution < -0.4 is 11.2 Å². The molecule has 15 heavy (non-hydrogen) atoms. The summed E-state index contributed by atoms with van der Waals surface area (Å²) in [6, 6.07) is 6.97. The van der Waals surface area contributed by atoms with Gasteiger partial charge in [-0.25, -0.2) is 0 Å². The van der Waals surface area contributed by atoms with E-state index in [0.29, 0.717) is 0 Å². The van der Waals surface area contributed by atoms with Gasteiger partial charge < -0.3 is 5.73 Å². The second kappa shape index (κ2) is 3.20. The molecule has 1 amide bonds. The molecule has 0 aliphatic carbocycles. The smallest absolute Gasteiger partial charge is 0.268 e. The summed E-state index contributed by atoms with van der Waals surface area (Å²) in [5.41, 5.74) is 4.11. The summed E-state index contributed by atoms with van der Waals surface area (Å²) in [5, 5.41) is 0.213. The highest BCUT2D eigenvalue weighted by molar-refractivity contribution is 5.94. The summed E-state index contributed by atoms with van der Waals surface area (Å²) in [6.07, 6.45) is 0. The number of benzene rings is 1. The van der Waals surface area contributed by atoms with Gasteiger partial charge in [0.05, 0.1) is 5.52 Å². The van der Waals surface area contributed by atoms with Crippen LogP contribution in [0, 0.1) is 0 Å². The predicted octanol–water partition coefficient (Wildman–Crippen LogP) is 0.833. The van der Waals surface area contributed by atoms with E-state index in [1.165, 1.54) is 12.1 Å². The molecule has 2 rings (SSSR count). The Morgan fingerprint density at radius 2 is 2.00 bits per heavy atom. The number of para-hydroxylation sites is 1. The SMILES string of the molecule is NC(=O)c1cc(=O)c2ccccc2n1F. The number of fused-ring (bicyclic) bond motifs is 1. The summed E-state index contributed by atoms with van der Waals surface area (Å²) in [7, 11) is 0. The van der Waals surface area contributed by atoms with Crippen LogP contribution in [0.15, 0.2) is 35.1 Å². The number of hydrogen-bond acceptors (Lipinski definition) is 2. The number of hydrogen-bond donors (Lipinski definition) is 1. The van der Waals surface area contributed by atoms with Crippen molar-refractivity contribution in [1.29, 1.82) is 0 Å². The van der Waals surface area contributed by atoms with E-state index in [1.807, 2.05) is 0 Å². The number of aromatic nitrogens is 1. The number of carbonyl (C=O) groups is 1. The lowest BCUT2D eigenvalue weighted by molar-refractivity contribution is 0.0981. The molecule has 2 aromatic rings. The van der Waals surface area contributed by atoms with E-state index in [2.05, 4.69) is 0 Å². The van der Waals surface area contributed by atoms with Crippen LogP contribution in [0.4, 0.5) is 4.48 Å². The van der Waals surface area contributed by atoms with Gasteiger partial charge >= 0.3 is 0 Å². The van der Waals surface area contributed by atoms with Crippen LogP contribution in [-0.2, 0) is 0 Å². The zero-order chi connectivity index (χ0) is 11.0. The maximum atomic E-state index is 13.6. The fourth-order valence-corrected chi connectivity index (χ4v) is 1.41. The minimum absolute atomic E-state index is 0.0406. The van der Waals surface area contributed by atoms with Gasteiger partial charge in [0, 0.05) is 11.5 Å². The van der Waals surface area contributed by atoms with E-state index < -0.39 is 17.0 Å². The molecule has 0 saturated heterocycles. The van der Waals surface area contributed by atoms with Crippen LogP contribution in [0.25, 0.3) is 10.9 Å². The molecule has 0 atom stereocenters. The molecule has 0 aliphatic heterocycles. The first-order chi connectivity index (χ1) is 7.11. The summed E-state index contributed by atoms with van der Waals surface area (Å²) >= 11 is 0. The van der Waals surface area contributed by atoms with Crippen molar-refractivity contribution in [2.75, 3.05) is 0 Å². The number of carbonyl (C=O) groups excluding carboxylic acids is 1. The first kappa shape index (κ1) is 9.39. The lowest BCUT2D eigenvalue weighted by Crippen LogP contribution is -2.20. The zero-order valence-electron chi connectivity index (χ0n) is 7.61. The van der Waals surface area contributed by atoms with Gasteiger partial charge in [-0.2, -0.15) is 4.79 Å². The van der Waals surface area contributed by atoms with Gasteiger partial charge in [0.25, 0.3) is 5.91 Å². The van der Waals surface area contributed by atoms with Crippen molar-refractivity contribution in [2.45, 2.75) is 0 Å². The lowest BCUT2D eigenvalue weighted by Gasteiger charge is -2.04. The van der Waals surface area contributed by atoms with E-state index in [0.717, 1.165) is 6.07 Å². The minimum atomic E-state index is -0.972. The van der Waals surface area contributed by atoms with E-state index >= 15 is 0 Å². The van der Waals surface area contributed by atoms with E-state index in [1.54, 1.807) is 12.1 Å². The van der Waals surface area contributed by atoms with Gasteiger partial charge in [-0.3, -0.25) is 9.59 Å². The highest BCUT2D eigenvalue weighted by Gasteiger charge is 2.12. The zero-order valence-corrected chi connectivity index (χ0v) is 7.61. The molecule has 76 valence electrons. The topological polar surface area (TPSA) is 65.1 Å². The van der Waals surface area contributed by atoms with Gasteiger partial charge in [-0.05, 0) is 12.1 Å². The molecule has 1 aromatic heterocycles. The number of halogens is 1. The van der Waals surface area contributed by atoms with Crippen molar-refractivity contribution in [2.24, 2.45) is 5.73 Å². The number of rotatable bonds is 1. The highest BCUT2D eigenvalue weighted by Crippen LogP contribution is 2.12.